The standard InChI is InChI=1S/C25H27N5O3/c1-33-22-12-10-19(11-13-22)29-16-17-15-26-24(27-18-6-3-2-4-7-18)28-23(17)30(25(29)32)20-8-5-9-21(31)14-20/h2-4,6-7,10-13,15,20-21,31H,5,8-9,14,16H2,1H3,(H,26,27,28)/t20-,21+/m1/s1. The Hall–Kier alpha value is -3.65. The number of urea groups is 1. The second-order valence-electron chi connectivity index (χ2n) is 8.44. The molecule has 2 N–H and O–H groups in total. The molecular formula is C25H27N5O3. The number of nitrogens with zero attached hydrogens (tertiary/aromatic N) is 4. The molecule has 8 heteroatoms. The number of methoxy groups -OCH3 is 1. The highest BCUT2D eigenvalue weighted by Crippen LogP contribution is 2.36. The van der Waals surface area contributed by atoms with Crippen LogP contribution in [0, 0.1) is 0 Å². The van der Waals surface area contributed by atoms with Crippen molar-refractivity contribution in [1.82, 2.24) is 9.97 Å². The van der Waals surface area contributed by atoms with Crippen molar-refractivity contribution in [1.29, 1.82) is 0 Å². The Labute approximate surface area is 192 Å². The molecule has 1 aliphatic carbocycles. The molecule has 0 bridgehead atoms. The average Bonchev–Trinajstić information content (AvgIpc) is 2.84. The minimum atomic E-state index is -0.417. The maximum atomic E-state index is 13.8. The summed E-state index contributed by atoms with van der Waals surface area (Å²) in [6, 6.07) is 16.9. The maximum absolute atomic E-state index is 13.8. The summed E-state index contributed by atoms with van der Waals surface area (Å²) < 4.78 is 5.26. The van der Waals surface area contributed by atoms with Gasteiger partial charge < -0.3 is 15.2 Å². The predicted octanol–water partition coefficient (Wildman–Crippen LogP) is 4.48. The molecule has 1 fully saturated rings. The number of rotatable bonds is 5. The number of aliphatic hydroxyl groups excluding tert-OH is 1. The zero-order valence-corrected chi connectivity index (χ0v) is 18.5. The van der Waals surface area contributed by atoms with E-state index in [2.05, 4.69) is 10.3 Å². The van der Waals surface area contributed by atoms with Crippen LogP contribution in [0.2, 0.25) is 0 Å². The lowest BCUT2D eigenvalue weighted by molar-refractivity contribution is 0.119. The van der Waals surface area contributed by atoms with Crippen molar-refractivity contribution in [2.24, 2.45) is 0 Å². The molecule has 1 aromatic heterocycles. The Balaban J connectivity index is 1.52. The lowest BCUT2D eigenvalue weighted by atomic mass is 9.91. The van der Waals surface area contributed by atoms with Gasteiger partial charge in [0.2, 0.25) is 5.95 Å². The Morgan fingerprint density at radius 3 is 2.61 bits per heavy atom. The van der Waals surface area contributed by atoms with Crippen LogP contribution in [0.5, 0.6) is 5.75 Å². The van der Waals surface area contributed by atoms with Gasteiger partial charge in [0, 0.05) is 29.2 Å². The molecule has 8 nitrogen and oxygen atoms in total. The Morgan fingerprint density at radius 1 is 1.09 bits per heavy atom. The molecule has 0 radical (unpaired) electrons. The molecule has 2 atom stereocenters. The van der Waals surface area contributed by atoms with Crippen LogP contribution in [0.1, 0.15) is 31.2 Å². The Morgan fingerprint density at radius 2 is 1.88 bits per heavy atom. The summed E-state index contributed by atoms with van der Waals surface area (Å²) in [5.41, 5.74) is 2.52. The van der Waals surface area contributed by atoms with E-state index < -0.39 is 6.10 Å². The number of benzene rings is 2. The number of anilines is 4. The molecule has 1 aliphatic heterocycles. The summed E-state index contributed by atoms with van der Waals surface area (Å²) >= 11 is 0. The van der Waals surface area contributed by atoms with E-state index in [9.17, 15) is 9.90 Å². The molecular weight excluding hydrogens is 418 g/mol. The van der Waals surface area contributed by atoms with E-state index in [4.69, 9.17) is 9.72 Å². The number of nitrogens with one attached hydrogen (secondary N) is 1. The quantitative estimate of drug-likeness (QED) is 0.602. The predicted molar refractivity (Wildman–Crippen MR) is 127 cm³/mol. The monoisotopic (exact) mass is 445 g/mol. The van der Waals surface area contributed by atoms with Crippen LogP contribution < -0.4 is 19.9 Å². The third kappa shape index (κ3) is 4.34. The fraction of sp³-hybridized carbons (Fsp3) is 0.320. The summed E-state index contributed by atoms with van der Waals surface area (Å²) in [5, 5.41) is 13.5. The molecule has 2 aliphatic rings. The number of hydrogen-bond acceptors (Lipinski definition) is 6. The molecule has 2 heterocycles. The van der Waals surface area contributed by atoms with Crippen molar-refractivity contribution in [3.05, 3.63) is 66.4 Å². The van der Waals surface area contributed by atoms with E-state index in [1.807, 2.05) is 54.6 Å². The summed E-state index contributed by atoms with van der Waals surface area (Å²) in [6.45, 7) is 0.373. The third-order valence-electron chi connectivity index (χ3n) is 6.23. The first-order valence-corrected chi connectivity index (χ1v) is 11.2. The third-order valence-corrected chi connectivity index (χ3v) is 6.23. The molecule has 170 valence electrons. The van der Waals surface area contributed by atoms with Gasteiger partial charge in [-0.05, 0) is 62.1 Å². The van der Waals surface area contributed by atoms with Crippen molar-refractivity contribution in [3.63, 3.8) is 0 Å². The maximum Gasteiger partial charge on any atom is 0.330 e. The Kier molecular flexibility index (Phi) is 5.83. The number of amides is 2. The Bertz CT molecular complexity index is 1120. The average molecular weight is 446 g/mol. The van der Waals surface area contributed by atoms with E-state index in [1.165, 1.54) is 0 Å². The normalized spacial score (nSPS) is 20.4. The summed E-state index contributed by atoms with van der Waals surface area (Å²) in [5.74, 6) is 1.78. The van der Waals surface area contributed by atoms with Crippen LogP contribution in [0.4, 0.5) is 27.9 Å². The first-order valence-electron chi connectivity index (χ1n) is 11.2. The van der Waals surface area contributed by atoms with E-state index in [1.54, 1.807) is 23.1 Å². The van der Waals surface area contributed by atoms with Gasteiger partial charge in [-0.2, -0.15) is 4.98 Å². The van der Waals surface area contributed by atoms with Gasteiger partial charge in [0.15, 0.2) is 0 Å². The van der Waals surface area contributed by atoms with Gasteiger partial charge >= 0.3 is 6.03 Å². The molecule has 33 heavy (non-hydrogen) atoms. The zero-order valence-electron chi connectivity index (χ0n) is 18.5. The molecule has 2 aromatic carbocycles. The van der Waals surface area contributed by atoms with Crippen LogP contribution in [-0.4, -0.2) is 40.4 Å². The SMILES string of the molecule is COc1ccc(N2Cc3cnc(Nc4ccccc4)nc3N([C@@H]3CCC[C@H](O)C3)C2=O)cc1. The van der Waals surface area contributed by atoms with Crippen molar-refractivity contribution in [3.8, 4) is 5.75 Å². The molecule has 1 saturated carbocycles. The minimum Gasteiger partial charge on any atom is -0.497 e. The summed E-state index contributed by atoms with van der Waals surface area (Å²) in [7, 11) is 1.62. The van der Waals surface area contributed by atoms with Crippen molar-refractivity contribution in [2.45, 2.75) is 44.4 Å². The lowest BCUT2D eigenvalue weighted by Crippen LogP contribution is -2.54. The number of carbonyl (C=O) groups is 1. The summed E-state index contributed by atoms with van der Waals surface area (Å²) in [6.07, 6.45) is 4.35. The minimum absolute atomic E-state index is 0.125. The largest absolute Gasteiger partial charge is 0.497 e. The molecule has 0 unspecified atom stereocenters. The molecule has 2 amide bonds. The topological polar surface area (TPSA) is 90.8 Å². The van der Waals surface area contributed by atoms with Crippen LogP contribution in [0.3, 0.4) is 0 Å². The molecule has 5 rings (SSSR count). The second-order valence-corrected chi connectivity index (χ2v) is 8.44. The number of ether oxygens (including phenoxy) is 1. The zero-order chi connectivity index (χ0) is 22.8. The van der Waals surface area contributed by atoms with Crippen LogP contribution in [0.25, 0.3) is 0 Å². The van der Waals surface area contributed by atoms with E-state index >= 15 is 0 Å². The van der Waals surface area contributed by atoms with E-state index in [0.29, 0.717) is 24.7 Å². The summed E-state index contributed by atoms with van der Waals surface area (Å²) in [4.78, 5) is 26.5. The van der Waals surface area contributed by atoms with Gasteiger partial charge in [-0.3, -0.25) is 9.80 Å². The lowest BCUT2D eigenvalue weighted by Gasteiger charge is -2.42. The number of hydrogen-bond donors (Lipinski definition) is 2. The number of aliphatic hydroxyl groups is 1. The highest BCUT2D eigenvalue weighted by Gasteiger charge is 2.39. The van der Waals surface area contributed by atoms with Crippen LogP contribution >= 0.6 is 0 Å². The number of carbonyl (C=O) groups excluding carboxylic acids is 1. The first-order chi connectivity index (χ1) is 16.1. The van der Waals surface area contributed by atoms with Crippen molar-refractivity contribution in [2.75, 3.05) is 22.2 Å². The fourth-order valence-electron chi connectivity index (χ4n) is 4.55. The van der Waals surface area contributed by atoms with Crippen molar-refractivity contribution < 1.29 is 14.6 Å². The fourth-order valence-corrected chi connectivity index (χ4v) is 4.55. The smallest absolute Gasteiger partial charge is 0.330 e. The molecule has 3 aromatic rings. The van der Waals surface area contributed by atoms with Gasteiger partial charge in [0.25, 0.3) is 0 Å². The highest BCUT2D eigenvalue weighted by atomic mass is 16.5. The first kappa shape index (κ1) is 21.2. The van der Waals surface area contributed by atoms with E-state index in [-0.39, 0.29) is 12.1 Å². The second kappa shape index (κ2) is 9.07. The van der Waals surface area contributed by atoms with Crippen molar-refractivity contribution >= 4 is 29.2 Å². The van der Waals surface area contributed by atoms with Crippen LogP contribution in [-0.2, 0) is 6.54 Å². The van der Waals surface area contributed by atoms with Gasteiger partial charge in [0.05, 0.1) is 19.8 Å². The van der Waals surface area contributed by atoms with Crippen LogP contribution in [0.15, 0.2) is 60.8 Å². The number of fused-ring (bicyclic) bond motifs is 1. The van der Waals surface area contributed by atoms with Gasteiger partial charge in [-0.1, -0.05) is 18.2 Å². The number of aromatic nitrogens is 2. The molecule has 0 spiro atoms. The molecule has 0 saturated heterocycles. The van der Waals surface area contributed by atoms with E-state index in [0.717, 1.165) is 42.0 Å². The van der Waals surface area contributed by atoms with Gasteiger partial charge in [-0.15, -0.1) is 0 Å². The van der Waals surface area contributed by atoms with Gasteiger partial charge in [0.1, 0.15) is 11.6 Å². The number of para-hydroxylation sites is 1. The highest BCUT2D eigenvalue weighted by molar-refractivity contribution is 6.06. The van der Waals surface area contributed by atoms with Gasteiger partial charge in [-0.25, -0.2) is 9.78 Å².